The molecule has 0 spiro atoms. The predicted octanol–water partition coefficient (Wildman–Crippen LogP) is 14.5. The Bertz CT molecular complexity index is 500. The van der Waals surface area contributed by atoms with Crippen molar-refractivity contribution < 1.29 is 9.53 Å². The second-order valence-corrected chi connectivity index (χ2v) is 14.1. The van der Waals surface area contributed by atoms with E-state index in [2.05, 4.69) is 20.8 Å². The summed E-state index contributed by atoms with van der Waals surface area (Å²) in [5.41, 5.74) is 0. The van der Waals surface area contributed by atoms with Gasteiger partial charge < -0.3 is 4.74 Å². The molecule has 0 N–H and O–H groups in total. The summed E-state index contributed by atoms with van der Waals surface area (Å²) in [5, 5.41) is 0. The molecule has 0 radical (unpaired) electrons. The Hall–Kier alpha value is -0.530. The van der Waals surface area contributed by atoms with Gasteiger partial charge in [0.25, 0.3) is 0 Å². The van der Waals surface area contributed by atoms with Crippen molar-refractivity contribution in [1.29, 1.82) is 0 Å². The van der Waals surface area contributed by atoms with Crippen LogP contribution in [-0.4, -0.2) is 12.6 Å². The van der Waals surface area contributed by atoms with Crippen LogP contribution in [0.15, 0.2) is 0 Å². The summed E-state index contributed by atoms with van der Waals surface area (Å²) in [7, 11) is 0. The fourth-order valence-electron chi connectivity index (χ4n) is 6.21. The summed E-state index contributed by atoms with van der Waals surface area (Å²) in [6, 6.07) is 0. The van der Waals surface area contributed by atoms with Crippen molar-refractivity contribution in [2.24, 2.45) is 5.92 Å². The van der Waals surface area contributed by atoms with Gasteiger partial charge >= 0.3 is 5.97 Å². The van der Waals surface area contributed by atoms with E-state index in [0.717, 1.165) is 18.8 Å². The third-order valence-electron chi connectivity index (χ3n) is 9.17. The van der Waals surface area contributed by atoms with E-state index in [1.807, 2.05) is 0 Å². The first-order valence-electron chi connectivity index (χ1n) is 19.8. The smallest absolute Gasteiger partial charge is 0.305 e. The molecular weight excluding hydrogens is 512 g/mol. The van der Waals surface area contributed by atoms with Crippen molar-refractivity contribution in [2.75, 3.05) is 6.61 Å². The van der Waals surface area contributed by atoms with Gasteiger partial charge in [0.15, 0.2) is 0 Å². The molecular formula is C40H80O2. The van der Waals surface area contributed by atoms with Gasteiger partial charge in [-0.25, -0.2) is 0 Å². The molecule has 0 atom stereocenters. The number of hydrogen-bond donors (Lipinski definition) is 0. The van der Waals surface area contributed by atoms with Gasteiger partial charge in [0.05, 0.1) is 6.61 Å². The number of unbranched alkanes of at least 4 members (excludes halogenated alkanes) is 30. The SMILES string of the molecule is CCCCCCCCCCCCCCCCCCCCCCOC(=O)CCCCCCCCCCCCCCC(C)C. The van der Waals surface area contributed by atoms with E-state index in [1.165, 1.54) is 199 Å². The lowest BCUT2D eigenvalue weighted by atomic mass is 10.0. The van der Waals surface area contributed by atoms with Crippen molar-refractivity contribution in [3.63, 3.8) is 0 Å². The van der Waals surface area contributed by atoms with Crippen LogP contribution in [0.2, 0.25) is 0 Å². The van der Waals surface area contributed by atoms with Gasteiger partial charge in [0, 0.05) is 6.42 Å². The van der Waals surface area contributed by atoms with Crippen LogP contribution in [0.1, 0.15) is 239 Å². The first-order chi connectivity index (χ1) is 20.7. The van der Waals surface area contributed by atoms with E-state index < -0.39 is 0 Å². The normalized spacial score (nSPS) is 11.5. The zero-order chi connectivity index (χ0) is 30.6. The summed E-state index contributed by atoms with van der Waals surface area (Å²) in [6.45, 7) is 7.59. The Morgan fingerprint density at radius 2 is 0.690 bits per heavy atom. The molecule has 0 heterocycles. The molecule has 0 aliphatic carbocycles. The molecule has 2 nitrogen and oxygen atoms in total. The molecule has 252 valence electrons. The van der Waals surface area contributed by atoms with E-state index in [0.29, 0.717) is 13.0 Å². The van der Waals surface area contributed by atoms with E-state index in [9.17, 15) is 4.79 Å². The van der Waals surface area contributed by atoms with Crippen molar-refractivity contribution >= 4 is 5.97 Å². The minimum absolute atomic E-state index is 0.0289. The van der Waals surface area contributed by atoms with E-state index in [-0.39, 0.29) is 5.97 Å². The van der Waals surface area contributed by atoms with Crippen LogP contribution in [0.3, 0.4) is 0 Å². The van der Waals surface area contributed by atoms with E-state index >= 15 is 0 Å². The fraction of sp³-hybridized carbons (Fsp3) is 0.975. The van der Waals surface area contributed by atoms with Crippen molar-refractivity contribution in [3.8, 4) is 0 Å². The molecule has 0 saturated heterocycles. The maximum absolute atomic E-state index is 12.0. The highest BCUT2D eigenvalue weighted by atomic mass is 16.5. The van der Waals surface area contributed by atoms with Gasteiger partial charge in [0.2, 0.25) is 0 Å². The minimum Gasteiger partial charge on any atom is -0.466 e. The van der Waals surface area contributed by atoms with Crippen molar-refractivity contribution in [1.82, 2.24) is 0 Å². The molecule has 0 bridgehead atoms. The Kier molecular flexibility index (Phi) is 36.2. The topological polar surface area (TPSA) is 26.3 Å². The van der Waals surface area contributed by atoms with Gasteiger partial charge in [-0.2, -0.15) is 0 Å². The van der Waals surface area contributed by atoms with E-state index in [4.69, 9.17) is 4.74 Å². The fourth-order valence-corrected chi connectivity index (χ4v) is 6.21. The van der Waals surface area contributed by atoms with Gasteiger partial charge in [0.1, 0.15) is 0 Å². The largest absolute Gasteiger partial charge is 0.466 e. The number of carbonyl (C=O) groups is 1. The van der Waals surface area contributed by atoms with Crippen LogP contribution < -0.4 is 0 Å². The summed E-state index contributed by atoms with van der Waals surface area (Å²) >= 11 is 0. The number of hydrogen-bond acceptors (Lipinski definition) is 2. The first kappa shape index (κ1) is 41.5. The summed E-state index contributed by atoms with van der Waals surface area (Å²) in [4.78, 5) is 12.0. The van der Waals surface area contributed by atoms with Crippen LogP contribution in [0.4, 0.5) is 0 Å². The molecule has 0 aromatic carbocycles. The molecule has 42 heavy (non-hydrogen) atoms. The van der Waals surface area contributed by atoms with Crippen LogP contribution in [0.25, 0.3) is 0 Å². The number of esters is 1. The average molecular weight is 593 g/mol. The zero-order valence-electron chi connectivity index (χ0n) is 29.6. The van der Waals surface area contributed by atoms with Crippen LogP contribution >= 0.6 is 0 Å². The Balaban J connectivity index is 3.14. The molecule has 2 heteroatoms. The van der Waals surface area contributed by atoms with Crippen LogP contribution in [0.5, 0.6) is 0 Å². The third kappa shape index (κ3) is 37.5. The van der Waals surface area contributed by atoms with Gasteiger partial charge in [-0.1, -0.05) is 220 Å². The molecule has 0 aliphatic heterocycles. The quantitative estimate of drug-likeness (QED) is 0.0534. The minimum atomic E-state index is 0.0289. The molecule has 0 rings (SSSR count). The lowest BCUT2D eigenvalue weighted by molar-refractivity contribution is -0.143. The van der Waals surface area contributed by atoms with Gasteiger partial charge in [-0.05, 0) is 18.8 Å². The molecule has 0 unspecified atom stereocenters. The first-order valence-corrected chi connectivity index (χ1v) is 19.8. The Labute approximate surface area is 266 Å². The lowest BCUT2D eigenvalue weighted by Gasteiger charge is -2.06. The summed E-state index contributed by atoms with van der Waals surface area (Å²) < 4.78 is 5.46. The molecule has 0 fully saturated rings. The predicted molar refractivity (Wildman–Crippen MR) is 188 cm³/mol. The van der Waals surface area contributed by atoms with Crippen molar-refractivity contribution in [3.05, 3.63) is 0 Å². The van der Waals surface area contributed by atoms with Crippen LogP contribution in [0, 0.1) is 5.92 Å². The average Bonchev–Trinajstić information content (AvgIpc) is 2.98. The molecule has 0 aromatic heterocycles. The number of rotatable bonds is 36. The molecule has 0 saturated carbocycles. The van der Waals surface area contributed by atoms with Gasteiger partial charge in [-0.3, -0.25) is 4.79 Å². The standard InChI is InChI=1S/C40H80O2/c1-4-5-6-7-8-9-10-11-12-13-14-15-16-17-20-23-26-29-32-35-38-42-40(41)37-34-31-28-25-22-19-18-21-24-27-30-33-36-39(2)3/h39H,4-38H2,1-3H3. The maximum atomic E-state index is 12.0. The number of ether oxygens (including phenoxy) is 1. The van der Waals surface area contributed by atoms with E-state index in [1.54, 1.807) is 0 Å². The second kappa shape index (κ2) is 36.7. The Morgan fingerprint density at radius 1 is 0.405 bits per heavy atom. The molecule has 0 aromatic rings. The third-order valence-corrected chi connectivity index (χ3v) is 9.17. The molecule has 0 amide bonds. The zero-order valence-corrected chi connectivity index (χ0v) is 29.6. The summed E-state index contributed by atoms with van der Waals surface area (Å²) in [6.07, 6.45) is 46.1. The monoisotopic (exact) mass is 593 g/mol. The lowest BCUT2D eigenvalue weighted by Crippen LogP contribution is -2.05. The highest BCUT2D eigenvalue weighted by Crippen LogP contribution is 2.16. The summed E-state index contributed by atoms with van der Waals surface area (Å²) in [5.74, 6) is 0.898. The molecule has 0 aliphatic rings. The maximum Gasteiger partial charge on any atom is 0.305 e. The number of carbonyl (C=O) groups excluding carboxylic acids is 1. The van der Waals surface area contributed by atoms with Gasteiger partial charge in [-0.15, -0.1) is 0 Å². The highest BCUT2D eigenvalue weighted by Gasteiger charge is 2.03. The highest BCUT2D eigenvalue weighted by molar-refractivity contribution is 5.69. The van der Waals surface area contributed by atoms with Crippen LogP contribution in [-0.2, 0) is 9.53 Å². The second-order valence-electron chi connectivity index (χ2n) is 14.1. The van der Waals surface area contributed by atoms with Crippen molar-refractivity contribution in [2.45, 2.75) is 239 Å². The Morgan fingerprint density at radius 3 is 1.02 bits per heavy atom.